The molecule has 2 aromatic carbocycles. The van der Waals surface area contributed by atoms with E-state index in [-0.39, 0.29) is 12.7 Å². The Labute approximate surface area is 146 Å². The van der Waals surface area contributed by atoms with Crippen LogP contribution in [-0.4, -0.2) is 38.3 Å². The number of nitrogens with zero attached hydrogens (tertiary/aromatic N) is 1. The van der Waals surface area contributed by atoms with Gasteiger partial charge in [0.15, 0.2) is 11.5 Å². The summed E-state index contributed by atoms with van der Waals surface area (Å²) >= 11 is 0. The minimum atomic E-state index is -0.162. The first-order chi connectivity index (χ1) is 12.2. The van der Waals surface area contributed by atoms with Crippen molar-refractivity contribution in [2.45, 2.75) is 13.0 Å². The molecule has 1 N–H and O–H groups in total. The van der Waals surface area contributed by atoms with Gasteiger partial charge in [-0.15, -0.1) is 0 Å². The van der Waals surface area contributed by atoms with E-state index in [1.54, 1.807) is 19.2 Å². The number of carbonyl (C=O) groups is 1. The molecule has 0 spiro atoms. The summed E-state index contributed by atoms with van der Waals surface area (Å²) in [4.78, 5) is 14.9. The standard InChI is InChI=1S/C19H20N2O4/c1-21-9-8-13-14(10-21)16(23-2)18-17(24-11-25-18)15(13)20-19(22)12-6-4-3-5-7-12/h3-7H,8-11H2,1-2H3,(H,20,22). The van der Waals surface area contributed by atoms with Crippen molar-refractivity contribution < 1.29 is 19.0 Å². The number of carbonyl (C=O) groups excluding carboxylic acids is 1. The Bertz CT molecular complexity index is 820. The molecule has 0 radical (unpaired) electrons. The maximum Gasteiger partial charge on any atom is 0.255 e. The molecule has 2 aromatic rings. The Morgan fingerprint density at radius 3 is 2.68 bits per heavy atom. The molecule has 130 valence electrons. The molecule has 0 aliphatic carbocycles. The summed E-state index contributed by atoms with van der Waals surface area (Å²) in [5.74, 6) is 1.67. The molecule has 6 nitrogen and oxygen atoms in total. The Morgan fingerprint density at radius 2 is 1.92 bits per heavy atom. The topological polar surface area (TPSA) is 60.0 Å². The smallest absolute Gasteiger partial charge is 0.255 e. The maximum atomic E-state index is 12.7. The van der Waals surface area contributed by atoms with Crippen molar-refractivity contribution in [2.75, 3.05) is 32.8 Å². The number of likely N-dealkylation sites (N-methyl/N-ethyl adjacent to an activating group) is 1. The van der Waals surface area contributed by atoms with Gasteiger partial charge in [-0.25, -0.2) is 0 Å². The van der Waals surface area contributed by atoms with Gasteiger partial charge in [-0.3, -0.25) is 4.79 Å². The van der Waals surface area contributed by atoms with E-state index in [9.17, 15) is 4.79 Å². The van der Waals surface area contributed by atoms with Crippen molar-refractivity contribution >= 4 is 11.6 Å². The van der Waals surface area contributed by atoms with Crippen LogP contribution in [0, 0.1) is 0 Å². The summed E-state index contributed by atoms with van der Waals surface area (Å²) in [5.41, 5.74) is 3.41. The second kappa shape index (κ2) is 6.29. The maximum absolute atomic E-state index is 12.7. The molecule has 0 fully saturated rings. The summed E-state index contributed by atoms with van der Waals surface area (Å²) < 4.78 is 16.9. The molecule has 0 saturated carbocycles. The predicted octanol–water partition coefficient (Wildman–Crippen LogP) is 2.66. The lowest BCUT2D eigenvalue weighted by atomic mass is 9.95. The number of benzene rings is 2. The van der Waals surface area contributed by atoms with E-state index < -0.39 is 0 Å². The van der Waals surface area contributed by atoms with Crippen LogP contribution in [0.15, 0.2) is 30.3 Å². The fraction of sp³-hybridized carbons (Fsp3) is 0.316. The van der Waals surface area contributed by atoms with E-state index in [4.69, 9.17) is 14.2 Å². The molecule has 0 unspecified atom stereocenters. The summed E-state index contributed by atoms with van der Waals surface area (Å²) in [6, 6.07) is 9.15. The minimum absolute atomic E-state index is 0.124. The number of anilines is 1. The van der Waals surface area contributed by atoms with Gasteiger partial charge in [-0.05, 0) is 31.2 Å². The molecule has 0 saturated heterocycles. The van der Waals surface area contributed by atoms with Gasteiger partial charge in [0.1, 0.15) is 0 Å². The molecule has 0 bridgehead atoms. The van der Waals surface area contributed by atoms with E-state index in [0.717, 1.165) is 30.6 Å². The third-order valence-corrected chi connectivity index (χ3v) is 4.64. The highest BCUT2D eigenvalue weighted by Crippen LogP contribution is 2.52. The highest BCUT2D eigenvalue weighted by molar-refractivity contribution is 6.06. The van der Waals surface area contributed by atoms with Gasteiger partial charge in [0.25, 0.3) is 5.91 Å². The number of rotatable bonds is 3. The summed E-state index contributed by atoms with van der Waals surface area (Å²) in [6.45, 7) is 1.77. The average Bonchev–Trinajstić information content (AvgIpc) is 3.11. The fourth-order valence-electron chi connectivity index (χ4n) is 3.41. The largest absolute Gasteiger partial charge is 0.492 e. The van der Waals surface area contributed by atoms with Crippen LogP contribution in [0.3, 0.4) is 0 Å². The monoisotopic (exact) mass is 340 g/mol. The molecule has 0 aromatic heterocycles. The molecule has 4 rings (SSSR count). The Kier molecular flexibility index (Phi) is 3.97. The second-order valence-corrected chi connectivity index (χ2v) is 6.24. The van der Waals surface area contributed by atoms with Crippen molar-refractivity contribution in [1.82, 2.24) is 4.90 Å². The lowest BCUT2D eigenvalue weighted by molar-refractivity contribution is 0.102. The Morgan fingerprint density at radius 1 is 1.16 bits per heavy atom. The number of fused-ring (bicyclic) bond motifs is 2. The van der Waals surface area contributed by atoms with Gasteiger partial charge in [-0.2, -0.15) is 0 Å². The normalized spacial score (nSPS) is 15.6. The Hall–Kier alpha value is -2.73. The van der Waals surface area contributed by atoms with Gasteiger partial charge in [0, 0.05) is 24.2 Å². The second-order valence-electron chi connectivity index (χ2n) is 6.24. The van der Waals surface area contributed by atoms with Gasteiger partial charge >= 0.3 is 0 Å². The summed E-state index contributed by atoms with van der Waals surface area (Å²) in [6.07, 6.45) is 0.809. The van der Waals surface area contributed by atoms with Crippen LogP contribution in [0.1, 0.15) is 21.5 Å². The SMILES string of the molecule is COc1c2c(c(NC(=O)c3ccccc3)c3c1OCO3)CCN(C)C2. The van der Waals surface area contributed by atoms with Crippen molar-refractivity contribution in [1.29, 1.82) is 0 Å². The zero-order valence-electron chi connectivity index (χ0n) is 14.3. The van der Waals surface area contributed by atoms with Crippen LogP contribution in [0.2, 0.25) is 0 Å². The number of hydrogen-bond acceptors (Lipinski definition) is 5. The van der Waals surface area contributed by atoms with E-state index in [1.165, 1.54) is 0 Å². The van der Waals surface area contributed by atoms with Crippen molar-refractivity contribution in [3.05, 3.63) is 47.0 Å². The molecule has 2 aliphatic rings. The van der Waals surface area contributed by atoms with Crippen molar-refractivity contribution in [3.63, 3.8) is 0 Å². The van der Waals surface area contributed by atoms with Crippen LogP contribution in [-0.2, 0) is 13.0 Å². The quantitative estimate of drug-likeness (QED) is 0.931. The summed E-state index contributed by atoms with van der Waals surface area (Å²) in [7, 11) is 3.70. The number of methoxy groups -OCH3 is 1. The third kappa shape index (κ3) is 2.68. The predicted molar refractivity (Wildman–Crippen MR) is 93.6 cm³/mol. The summed E-state index contributed by atoms with van der Waals surface area (Å²) in [5, 5.41) is 3.03. The van der Waals surface area contributed by atoms with Crippen molar-refractivity contribution in [3.8, 4) is 17.2 Å². The highest BCUT2D eigenvalue weighted by atomic mass is 16.7. The molecular weight excluding hydrogens is 320 g/mol. The van der Waals surface area contributed by atoms with Crippen molar-refractivity contribution in [2.24, 2.45) is 0 Å². The van der Waals surface area contributed by atoms with Crippen LogP contribution < -0.4 is 19.5 Å². The first-order valence-corrected chi connectivity index (χ1v) is 8.25. The zero-order valence-corrected chi connectivity index (χ0v) is 14.3. The molecule has 0 atom stereocenters. The van der Waals surface area contributed by atoms with Gasteiger partial charge in [0.05, 0.1) is 12.8 Å². The number of amides is 1. The fourth-order valence-corrected chi connectivity index (χ4v) is 3.41. The number of nitrogens with one attached hydrogen (secondary N) is 1. The molecule has 2 aliphatic heterocycles. The van der Waals surface area contributed by atoms with Gasteiger partial charge < -0.3 is 24.4 Å². The molecule has 6 heteroatoms. The van der Waals surface area contributed by atoms with Crippen LogP contribution in [0.25, 0.3) is 0 Å². The molecule has 2 heterocycles. The molecule has 1 amide bonds. The highest BCUT2D eigenvalue weighted by Gasteiger charge is 2.33. The average molecular weight is 340 g/mol. The first kappa shape index (κ1) is 15.8. The lowest BCUT2D eigenvalue weighted by Crippen LogP contribution is -2.28. The Balaban J connectivity index is 1.81. The molecule has 25 heavy (non-hydrogen) atoms. The van der Waals surface area contributed by atoms with E-state index in [2.05, 4.69) is 17.3 Å². The van der Waals surface area contributed by atoms with E-state index >= 15 is 0 Å². The third-order valence-electron chi connectivity index (χ3n) is 4.64. The van der Waals surface area contributed by atoms with Crippen LogP contribution >= 0.6 is 0 Å². The first-order valence-electron chi connectivity index (χ1n) is 8.25. The zero-order chi connectivity index (χ0) is 17.4. The number of hydrogen-bond donors (Lipinski definition) is 1. The minimum Gasteiger partial charge on any atom is -0.492 e. The van der Waals surface area contributed by atoms with Gasteiger partial charge in [0.2, 0.25) is 12.5 Å². The van der Waals surface area contributed by atoms with Gasteiger partial charge in [-0.1, -0.05) is 18.2 Å². The van der Waals surface area contributed by atoms with Crippen LogP contribution in [0.5, 0.6) is 17.2 Å². The van der Waals surface area contributed by atoms with E-state index in [0.29, 0.717) is 28.5 Å². The van der Waals surface area contributed by atoms with E-state index in [1.807, 2.05) is 18.2 Å². The number of ether oxygens (including phenoxy) is 3. The molecular formula is C19H20N2O4. The van der Waals surface area contributed by atoms with Crippen LogP contribution in [0.4, 0.5) is 5.69 Å². The lowest BCUT2D eigenvalue weighted by Gasteiger charge is -2.29.